The van der Waals surface area contributed by atoms with E-state index in [1.165, 1.54) is 9.80 Å². The topological polar surface area (TPSA) is 40.6 Å². The van der Waals surface area contributed by atoms with Crippen molar-refractivity contribution in [3.05, 3.63) is 53.1 Å². The van der Waals surface area contributed by atoms with E-state index in [2.05, 4.69) is 0 Å². The lowest BCUT2D eigenvalue weighted by Gasteiger charge is -2.35. The van der Waals surface area contributed by atoms with E-state index in [-0.39, 0.29) is 22.5 Å². The predicted octanol–water partition coefficient (Wildman–Crippen LogP) is 2.93. The molecule has 1 aliphatic heterocycles. The third-order valence-electron chi connectivity index (χ3n) is 3.77. The minimum Gasteiger partial charge on any atom is -0.285 e. The first-order chi connectivity index (χ1) is 11.0. The normalized spacial score (nSPS) is 15.8. The van der Waals surface area contributed by atoms with Crippen LogP contribution < -0.4 is 0 Å². The van der Waals surface area contributed by atoms with Gasteiger partial charge < -0.3 is 0 Å². The van der Waals surface area contributed by atoms with Crippen LogP contribution >= 0.6 is 12.2 Å². The molecular weight excluding hydrogens is 308 g/mol. The van der Waals surface area contributed by atoms with E-state index in [1.807, 2.05) is 51.1 Å². The van der Waals surface area contributed by atoms with Crippen molar-refractivity contribution in [2.45, 2.75) is 20.8 Å². The number of allylic oxidation sites excluding steroid dienone is 2. The Labute approximate surface area is 142 Å². The monoisotopic (exact) mass is 328 g/mol. The third-order valence-corrected chi connectivity index (χ3v) is 4.21. The molecule has 0 saturated carbocycles. The van der Waals surface area contributed by atoms with Crippen LogP contribution in [0.4, 0.5) is 0 Å². The zero-order valence-electron chi connectivity index (χ0n) is 13.6. The van der Waals surface area contributed by atoms with Gasteiger partial charge in [0.2, 0.25) is 0 Å². The summed E-state index contributed by atoms with van der Waals surface area (Å²) in [6, 6.07) is 7.92. The molecule has 0 N–H and O–H groups in total. The Bertz CT molecular complexity index is 679. The van der Waals surface area contributed by atoms with Crippen LogP contribution in [0.25, 0.3) is 6.08 Å². The molecule has 0 radical (unpaired) electrons. The zero-order valence-corrected chi connectivity index (χ0v) is 14.4. The molecule has 4 nitrogen and oxygen atoms in total. The highest BCUT2D eigenvalue weighted by atomic mass is 32.1. The fraction of sp³-hybridized carbons (Fsp3) is 0.278. The highest BCUT2D eigenvalue weighted by Gasteiger charge is 2.37. The van der Waals surface area contributed by atoms with Gasteiger partial charge in [0.15, 0.2) is 5.11 Å². The second-order valence-electron chi connectivity index (χ2n) is 5.18. The quantitative estimate of drug-likeness (QED) is 0.485. The summed E-state index contributed by atoms with van der Waals surface area (Å²) >= 11 is 5.23. The summed E-state index contributed by atoms with van der Waals surface area (Å²) in [5, 5.41) is 0.282. The number of carbonyl (C=O) groups excluding carboxylic acids is 2. The van der Waals surface area contributed by atoms with Crippen molar-refractivity contribution < 1.29 is 9.59 Å². The van der Waals surface area contributed by atoms with Gasteiger partial charge in [0.05, 0.1) is 0 Å². The number of hydrogen-bond acceptors (Lipinski definition) is 3. The average molecular weight is 328 g/mol. The fourth-order valence-corrected chi connectivity index (χ4v) is 2.85. The lowest BCUT2D eigenvalue weighted by atomic mass is 10.1. The molecule has 0 spiro atoms. The highest BCUT2D eigenvalue weighted by molar-refractivity contribution is 7.80. The van der Waals surface area contributed by atoms with Crippen LogP contribution in [0.5, 0.6) is 0 Å². The van der Waals surface area contributed by atoms with Crippen LogP contribution in [0.3, 0.4) is 0 Å². The summed E-state index contributed by atoms with van der Waals surface area (Å²) in [6.07, 6.45) is 5.20. The lowest BCUT2D eigenvalue weighted by molar-refractivity contribution is -0.133. The molecule has 0 aromatic heterocycles. The maximum atomic E-state index is 12.4. The summed E-state index contributed by atoms with van der Waals surface area (Å²) in [4.78, 5) is 27.8. The van der Waals surface area contributed by atoms with Crippen molar-refractivity contribution in [1.82, 2.24) is 9.80 Å². The molecule has 120 valence electrons. The van der Waals surface area contributed by atoms with Gasteiger partial charge in [0.1, 0.15) is 5.57 Å². The second-order valence-corrected chi connectivity index (χ2v) is 5.54. The summed E-state index contributed by atoms with van der Waals surface area (Å²) in [7, 11) is 0. The molecule has 0 bridgehead atoms. The van der Waals surface area contributed by atoms with E-state index in [9.17, 15) is 9.59 Å². The van der Waals surface area contributed by atoms with Gasteiger partial charge in [-0.1, -0.05) is 36.4 Å². The number of likely N-dealkylation sites (N-methyl/N-ethyl adjacent to an activating group) is 2. The van der Waals surface area contributed by atoms with Gasteiger partial charge in [0.25, 0.3) is 11.8 Å². The second kappa shape index (κ2) is 7.33. The van der Waals surface area contributed by atoms with E-state index < -0.39 is 0 Å². The first-order valence-corrected chi connectivity index (χ1v) is 8.03. The summed E-state index contributed by atoms with van der Waals surface area (Å²) in [5.41, 5.74) is 2.33. The van der Waals surface area contributed by atoms with E-state index in [1.54, 1.807) is 12.2 Å². The van der Waals surface area contributed by atoms with Gasteiger partial charge >= 0.3 is 0 Å². The van der Waals surface area contributed by atoms with Crippen molar-refractivity contribution in [2.24, 2.45) is 0 Å². The molecule has 1 heterocycles. The summed E-state index contributed by atoms with van der Waals surface area (Å²) in [6.45, 7) is 6.59. The summed E-state index contributed by atoms with van der Waals surface area (Å²) in [5.74, 6) is -0.664. The predicted molar refractivity (Wildman–Crippen MR) is 95.7 cm³/mol. The maximum Gasteiger partial charge on any atom is 0.265 e. The number of hydrogen-bond donors (Lipinski definition) is 0. The van der Waals surface area contributed by atoms with E-state index in [4.69, 9.17) is 12.2 Å². The Balaban J connectivity index is 2.32. The number of rotatable bonds is 4. The van der Waals surface area contributed by atoms with E-state index in [0.29, 0.717) is 13.1 Å². The molecule has 0 atom stereocenters. The zero-order chi connectivity index (χ0) is 17.0. The molecule has 1 fully saturated rings. The molecule has 23 heavy (non-hydrogen) atoms. The lowest BCUT2D eigenvalue weighted by Crippen LogP contribution is -2.55. The van der Waals surface area contributed by atoms with Crippen LogP contribution in [-0.2, 0) is 9.59 Å². The third kappa shape index (κ3) is 3.40. The molecule has 2 rings (SSSR count). The molecule has 0 unspecified atom stereocenters. The van der Waals surface area contributed by atoms with Crippen molar-refractivity contribution in [3.8, 4) is 0 Å². The molecule has 2 amide bonds. The minimum absolute atomic E-state index is 0.145. The number of nitrogens with zero attached hydrogens (tertiary/aromatic N) is 2. The number of benzene rings is 1. The smallest absolute Gasteiger partial charge is 0.265 e. The standard InChI is InChI=1S/C18H20N2O2S/c1-4-19-16(21)15(17(22)20(5-2)18(19)23)12-8-11-14-10-7-6-9-13(14)3/h6-12H,4-5H2,1-3H3/b11-8+. The largest absolute Gasteiger partial charge is 0.285 e. The van der Waals surface area contributed by atoms with Gasteiger partial charge in [-0.3, -0.25) is 19.4 Å². The molecule has 1 aliphatic rings. The molecule has 1 aromatic rings. The Hall–Kier alpha value is -2.27. The van der Waals surface area contributed by atoms with E-state index >= 15 is 0 Å². The van der Waals surface area contributed by atoms with Crippen molar-refractivity contribution in [1.29, 1.82) is 0 Å². The minimum atomic E-state index is -0.332. The van der Waals surface area contributed by atoms with Crippen LogP contribution in [0.15, 0.2) is 42.0 Å². The van der Waals surface area contributed by atoms with E-state index in [0.717, 1.165) is 11.1 Å². The Morgan fingerprint density at radius 1 is 1.04 bits per heavy atom. The van der Waals surface area contributed by atoms with Gasteiger partial charge in [-0.2, -0.15) is 0 Å². The molecule has 0 aliphatic carbocycles. The van der Waals surface area contributed by atoms with Gasteiger partial charge in [-0.05, 0) is 50.2 Å². The number of thiocarbonyl (C=S) groups is 1. The SMILES string of the molecule is CCN1C(=O)C(=C/C=C/c2ccccc2C)C(=O)N(CC)C1=S. The van der Waals surface area contributed by atoms with Crippen LogP contribution in [0.1, 0.15) is 25.0 Å². The van der Waals surface area contributed by atoms with Crippen LogP contribution in [0.2, 0.25) is 0 Å². The fourth-order valence-electron chi connectivity index (χ4n) is 2.42. The Kier molecular flexibility index (Phi) is 5.45. The number of carbonyl (C=O) groups is 2. The first kappa shape index (κ1) is 17.1. The molecule has 5 heteroatoms. The highest BCUT2D eigenvalue weighted by Crippen LogP contribution is 2.18. The summed E-state index contributed by atoms with van der Waals surface area (Å²) < 4.78 is 0. The molecule has 1 aromatic carbocycles. The first-order valence-electron chi connectivity index (χ1n) is 7.62. The van der Waals surface area contributed by atoms with Gasteiger partial charge in [-0.25, -0.2) is 0 Å². The van der Waals surface area contributed by atoms with Crippen molar-refractivity contribution in [2.75, 3.05) is 13.1 Å². The average Bonchev–Trinajstić information content (AvgIpc) is 2.53. The molecule has 1 saturated heterocycles. The van der Waals surface area contributed by atoms with Crippen molar-refractivity contribution in [3.63, 3.8) is 0 Å². The number of aryl methyl sites for hydroxylation is 1. The Morgan fingerprint density at radius 2 is 1.61 bits per heavy atom. The Morgan fingerprint density at radius 3 is 2.13 bits per heavy atom. The maximum absolute atomic E-state index is 12.4. The molecular formula is C18H20N2O2S. The van der Waals surface area contributed by atoms with Crippen LogP contribution in [-0.4, -0.2) is 39.8 Å². The van der Waals surface area contributed by atoms with Crippen molar-refractivity contribution >= 4 is 35.2 Å². The van der Waals surface area contributed by atoms with Gasteiger partial charge in [-0.15, -0.1) is 0 Å². The van der Waals surface area contributed by atoms with Gasteiger partial charge in [0, 0.05) is 13.1 Å². The van der Waals surface area contributed by atoms with Crippen LogP contribution in [0, 0.1) is 6.92 Å². The number of amides is 2.